The predicted octanol–water partition coefficient (Wildman–Crippen LogP) is 3.16. The molecule has 1 aliphatic rings. The summed E-state index contributed by atoms with van der Waals surface area (Å²) in [5, 5.41) is 9.76. The van der Waals surface area contributed by atoms with E-state index in [1.807, 2.05) is 26.0 Å². The van der Waals surface area contributed by atoms with Crippen LogP contribution in [0, 0.1) is 5.92 Å². The van der Waals surface area contributed by atoms with Crippen molar-refractivity contribution in [2.24, 2.45) is 5.92 Å². The topological polar surface area (TPSA) is 77.9 Å². The van der Waals surface area contributed by atoms with E-state index in [9.17, 15) is 19.5 Å². The molecule has 0 heterocycles. The van der Waals surface area contributed by atoms with Gasteiger partial charge in [-0.25, -0.2) is 4.79 Å². The molecule has 0 aliphatic heterocycles. The highest BCUT2D eigenvalue weighted by Gasteiger charge is 2.45. The van der Waals surface area contributed by atoms with Gasteiger partial charge in [0.2, 0.25) is 5.91 Å². The predicted molar refractivity (Wildman–Crippen MR) is 103 cm³/mol. The van der Waals surface area contributed by atoms with E-state index in [-0.39, 0.29) is 17.7 Å². The van der Waals surface area contributed by atoms with Gasteiger partial charge in [0.25, 0.3) is 5.91 Å². The second kappa shape index (κ2) is 8.55. The minimum Gasteiger partial charge on any atom is -0.479 e. The van der Waals surface area contributed by atoms with Crippen molar-refractivity contribution in [3.63, 3.8) is 0 Å². The number of hydrogen-bond donors (Lipinski definition) is 1. The number of carbonyl (C=O) groups is 3. The lowest BCUT2D eigenvalue weighted by molar-refractivity contribution is -0.151. The molecular formula is C21H30N2O4. The summed E-state index contributed by atoms with van der Waals surface area (Å²) in [5.74, 6) is -1.20. The first kappa shape index (κ1) is 20.9. The van der Waals surface area contributed by atoms with Crippen molar-refractivity contribution in [1.29, 1.82) is 0 Å². The minimum absolute atomic E-state index is 0.0628. The lowest BCUT2D eigenvalue weighted by Gasteiger charge is -2.41. The summed E-state index contributed by atoms with van der Waals surface area (Å²) in [6.07, 6.45) is 3.63. The van der Waals surface area contributed by atoms with E-state index in [1.165, 1.54) is 4.90 Å². The zero-order valence-corrected chi connectivity index (χ0v) is 16.7. The average Bonchev–Trinajstić information content (AvgIpc) is 2.67. The Kier molecular flexibility index (Phi) is 6.63. The number of hydrogen-bond acceptors (Lipinski definition) is 3. The van der Waals surface area contributed by atoms with Crippen LogP contribution in [0.25, 0.3) is 0 Å². The first-order valence-electron chi connectivity index (χ1n) is 9.54. The van der Waals surface area contributed by atoms with Crippen molar-refractivity contribution in [3.8, 4) is 0 Å². The molecular weight excluding hydrogens is 344 g/mol. The minimum atomic E-state index is -1.11. The van der Waals surface area contributed by atoms with Gasteiger partial charge >= 0.3 is 5.97 Å². The Hall–Kier alpha value is -2.37. The van der Waals surface area contributed by atoms with E-state index in [1.54, 1.807) is 31.1 Å². The zero-order valence-electron chi connectivity index (χ0n) is 16.7. The average molecular weight is 374 g/mol. The largest absolute Gasteiger partial charge is 0.479 e. The maximum absolute atomic E-state index is 12.9. The van der Waals surface area contributed by atoms with Crippen LogP contribution in [0.3, 0.4) is 0 Å². The van der Waals surface area contributed by atoms with Gasteiger partial charge in [-0.1, -0.05) is 45.2 Å². The molecule has 0 atom stereocenters. The van der Waals surface area contributed by atoms with Crippen molar-refractivity contribution in [3.05, 3.63) is 35.4 Å². The van der Waals surface area contributed by atoms with Gasteiger partial charge in [-0.05, 0) is 30.5 Å². The molecule has 6 nitrogen and oxygen atoms in total. The normalized spacial score (nSPS) is 16.0. The summed E-state index contributed by atoms with van der Waals surface area (Å²) in [6.45, 7) is 4.19. The second-order valence-corrected chi connectivity index (χ2v) is 7.81. The molecule has 0 radical (unpaired) electrons. The van der Waals surface area contributed by atoms with Crippen molar-refractivity contribution >= 4 is 17.8 Å². The maximum Gasteiger partial charge on any atom is 0.329 e. The number of carboxylic acids is 1. The van der Waals surface area contributed by atoms with Gasteiger partial charge in [0.05, 0.1) is 0 Å². The van der Waals surface area contributed by atoms with E-state index in [2.05, 4.69) is 0 Å². The third-order valence-electron chi connectivity index (χ3n) is 5.52. The van der Waals surface area contributed by atoms with Crippen LogP contribution in [0.15, 0.2) is 24.3 Å². The molecule has 2 rings (SSSR count). The highest BCUT2D eigenvalue weighted by molar-refractivity contribution is 5.97. The molecule has 148 valence electrons. The molecule has 1 saturated carbocycles. The van der Waals surface area contributed by atoms with E-state index < -0.39 is 11.5 Å². The van der Waals surface area contributed by atoms with Crippen LogP contribution in [0.4, 0.5) is 0 Å². The number of likely N-dealkylation sites (N-methyl/N-ethyl adjacent to an activating group) is 1. The Bertz CT molecular complexity index is 691. The van der Waals surface area contributed by atoms with E-state index in [0.29, 0.717) is 24.9 Å². The Balaban J connectivity index is 2.12. The zero-order chi connectivity index (χ0) is 20.2. The van der Waals surface area contributed by atoms with E-state index in [0.717, 1.165) is 24.8 Å². The molecule has 1 fully saturated rings. The second-order valence-electron chi connectivity index (χ2n) is 7.81. The molecule has 1 aromatic rings. The Morgan fingerprint density at radius 3 is 2.07 bits per heavy atom. The van der Waals surface area contributed by atoms with Crippen LogP contribution in [0.2, 0.25) is 0 Å². The van der Waals surface area contributed by atoms with Crippen LogP contribution in [-0.2, 0) is 16.1 Å². The lowest BCUT2D eigenvalue weighted by Crippen LogP contribution is -2.56. The molecule has 27 heavy (non-hydrogen) atoms. The molecule has 1 N–H and O–H groups in total. The Labute approximate surface area is 161 Å². The number of rotatable bonds is 6. The lowest BCUT2D eigenvalue weighted by atomic mass is 9.80. The summed E-state index contributed by atoms with van der Waals surface area (Å²) in [5.41, 5.74) is 0.277. The third kappa shape index (κ3) is 4.49. The fourth-order valence-corrected chi connectivity index (χ4v) is 3.76. The van der Waals surface area contributed by atoms with E-state index >= 15 is 0 Å². The van der Waals surface area contributed by atoms with Gasteiger partial charge in [0.1, 0.15) is 5.54 Å². The number of benzene rings is 1. The number of aliphatic carboxylic acids is 1. The smallest absolute Gasteiger partial charge is 0.329 e. The van der Waals surface area contributed by atoms with Gasteiger partial charge in [-0.15, -0.1) is 0 Å². The molecule has 0 unspecified atom stereocenters. The highest BCUT2D eigenvalue weighted by Crippen LogP contribution is 2.34. The van der Waals surface area contributed by atoms with Gasteiger partial charge in [0.15, 0.2) is 0 Å². The van der Waals surface area contributed by atoms with Crippen molar-refractivity contribution in [2.45, 2.75) is 58.0 Å². The molecule has 6 heteroatoms. The maximum atomic E-state index is 12.9. The van der Waals surface area contributed by atoms with Crippen LogP contribution >= 0.6 is 0 Å². The fraction of sp³-hybridized carbons (Fsp3) is 0.571. The van der Waals surface area contributed by atoms with E-state index in [4.69, 9.17) is 0 Å². The Morgan fingerprint density at radius 2 is 1.59 bits per heavy atom. The standard InChI is InChI=1S/C21H30N2O4/c1-15(2)18(24)22(3)14-16-8-10-17(11-9-16)19(25)23(4)21(20(26)27)12-6-5-7-13-21/h8-11,15H,5-7,12-14H2,1-4H3,(H,26,27). The first-order valence-corrected chi connectivity index (χ1v) is 9.54. The molecule has 1 aliphatic carbocycles. The molecule has 0 saturated heterocycles. The van der Waals surface area contributed by atoms with Crippen molar-refractivity contribution in [2.75, 3.05) is 14.1 Å². The summed E-state index contributed by atoms with van der Waals surface area (Å²) in [6, 6.07) is 7.06. The van der Waals surface area contributed by atoms with Gasteiger partial charge in [-0.2, -0.15) is 0 Å². The number of carbonyl (C=O) groups excluding carboxylic acids is 2. The summed E-state index contributed by atoms with van der Waals surface area (Å²) >= 11 is 0. The first-order chi connectivity index (χ1) is 12.7. The SMILES string of the molecule is CC(C)C(=O)N(C)Cc1ccc(C(=O)N(C)C2(C(=O)O)CCCCC2)cc1. The van der Waals surface area contributed by atoms with Crippen LogP contribution in [-0.4, -0.2) is 52.3 Å². The van der Waals surface area contributed by atoms with Crippen LogP contribution in [0.1, 0.15) is 61.9 Å². The number of nitrogens with zero attached hydrogens (tertiary/aromatic N) is 2. The quantitative estimate of drug-likeness (QED) is 0.830. The summed E-state index contributed by atoms with van der Waals surface area (Å²) < 4.78 is 0. The molecule has 2 amide bonds. The summed E-state index contributed by atoms with van der Waals surface area (Å²) in [7, 11) is 3.35. The molecule has 0 aromatic heterocycles. The molecule has 0 spiro atoms. The third-order valence-corrected chi connectivity index (χ3v) is 5.52. The fourth-order valence-electron chi connectivity index (χ4n) is 3.76. The molecule has 1 aromatic carbocycles. The van der Waals surface area contributed by atoms with Crippen molar-refractivity contribution in [1.82, 2.24) is 9.80 Å². The summed E-state index contributed by atoms with van der Waals surface area (Å²) in [4.78, 5) is 39.9. The number of amides is 2. The van der Waals surface area contributed by atoms with Gasteiger partial charge in [-0.3, -0.25) is 9.59 Å². The Morgan fingerprint density at radius 1 is 1.04 bits per heavy atom. The van der Waals surface area contributed by atoms with Crippen LogP contribution < -0.4 is 0 Å². The van der Waals surface area contributed by atoms with Crippen molar-refractivity contribution < 1.29 is 19.5 Å². The van der Waals surface area contributed by atoms with Crippen LogP contribution in [0.5, 0.6) is 0 Å². The number of carboxylic acid groups (broad SMARTS) is 1. The monoisotopic (exact) mass is 374 g/mol. The van der Waals surface area contributed by atoms with Gasteiger partial charge in [0, 0.05) is 32.1 Å². The highest BCUT2D eigenvalue weighted by atomic mass is 16.4. The van der Waals surface area contributed by atoms with Gasteiger partial charge < -0.3 is 14.9 Å². The molecule has 0 bridgehead atoms.